The van der Waals surface area contributed by atoms with Crippen molar-refractivity contribution >= 4 is 23.2 Å². The van der Waals surface area contributed by atoms with Crippen LogP contribution in [0.15, 0.2) is 62.7 Å². The van der Waals surface area contributed by atoms with Crippen LogP contribution in [0.2, 0.25) is 0 Å². The normalized spacial score (nSPS) is 14.3. The van der Waals surface area contributed by atoms with E-state index in [0.717, 1.165) is 22.7 Å². The number of hydrogen-bond donors (Lipinski definition) is 2. The Hall–Kier alpha value is -3.00. The lowest BCUT2D eigenvalue weighted by Gasteiger charge is -2.07. The molecule has 0 radical (unpaired) electrons. The van der Waals surface area contributed by atoms with Crippen molar-refractivity contribution in [2.45, 2.75) is 24.3 Å². The fourth-order valence-electron chi connectivity index (χ4n) is 2.88. The van der Waals surface area contributed by atoms with Gasteiger partial charge in [0.15, 0.2) is 5.16 Å². The molecule has 27 heavy (non-hydrogen) atoms. The minimum absolute atomic E-state index is 0.0178. The number of pyridine rings is 1. The van der Waals surface area contributed by atoms with Crippen molar-refractivity contribution in [3.8, 4) is 22.5 Å². The Morgan fingerprint density at radius 1 is 1.04 bits per heavy atom. The topological polar surface area (TPSA) is 86.3 Å². The number of nitrogens with one attached hydrogen (secondary N) is 2. The molecule has 3 heterocycles. The van der Waals surface area contributed by atoms with E-state index in [2.05, 4.69) is 20.2 Å². The van der Waals surface area contributed by atoms with Gasteiger partial charge in [0.2, 0.25) is 5.56 Å². The third kappa shape index (κ3) is 3.48. The van der Waals surface area contributed by atoms with Gasteiger partial charge in [-0.1, -0.05) is 11.8 Å². The summed E-state index contributed by atoms with van der Waals surface area (Å²) in [5, 5.41) is 8.93. The van der Waals surface area contributed by atoms with E-state index in [4.69, 9.17) is 4.98 Å². The van der Waals surface area contributed by atoms with Crippen LogP contribution in [0.25, 0.3) is 22.5 Å². The molecule has 0 amide bonds. The van der Waals surface area contributed by atoms with E-state index in [-0.39, 0.29) is 16.6 Å². The molecule has 136 valence electrons. The van der Waals surface area contributed by atoms with E-state index < -0.39 is 0 Å². The molecule has 1 aliphatic rings. The second-order valence-electron chi connectivity index (χ2n) is 6.19. The highest BCUT2D eigenvalue weighted by molar-refractivity contribution is 8.01. The monoisotopic (exact) mass is 381 g/mol. The molecule has 4 rings (SSSR count). The molecule has 8 heteroatoms. The Morgan fingerprint density at radius 2 is 1.74 bits per heavy atom. The van der Waals surface area contributed by atoms with Crippen LogP contribution in [-0.4, -0.2) is 31.6 Å². The van der Waals surface area contributed by atoms with Crippen LogP contribution in [0.4, 0.5) is 4.39 Å². The summed E-state index contributed by atoms with van der Waals surface area (Å²) >= 11 is 1.51. The molecule has 0 fully saturated rings. The number of halogens is 1. The lowest BCUT2D eigenvalue weighted by atomic mass is 10.1. The Bertz CT molecular complexity index is 1100. The van der Waals surface area contributed by atoms with Gasteiger partial charge in [0, 0.05) is 23.4 Å². The molecule has 0 saturated carbocycles. The van der Waals surface area contributed by atoms with Crippen molar-refractivity contribution in [2.24, 2.45) is 10.2 Å². The minimum Gasteiger partial charge on any atom is -0.332 e. The average Bonchev–Trinajstić information content (AvgIpc) is 3.21. The van der Waals surface area contributed by atoms with E-state index in [1.54, 1.807) is 24.4 Å². The SMILES string of the molecule is CC1=NN=C(C)C1Sc1nc(-c2cc[nH]c(=O)c2)c(-c2ccc(F)cc2)[nH]1. The summed E-state index contributed by atoms with van der Waals surface area (Å²) in [5.41, 5.74) is 4.45. The van der Waals surface area contributed by atoms with E-state index in [1.165, 1.54) is 30.0 Å². The lowest BCUT2D eigenvalue weighted by molar-refractivity contribution is 0.628. The predicted octanol–water partition coefficient (Wildman–Crippen LogP) is 3.88. The number of aromatic nitrogens is 3. The van der Waals surface area contributed by atoms with Crippen LogP contribution in [0.1, 0.15) is 13.8 Å². The van der Waals surface area contributed by atoms with Crippen molar-refractivity contribution in [3.05, 3.63) is 58.8 Å². The highest BCUT2D eigenvalue weighted by atomic mass is 32.2. The molecule has 0 saturated heterocycles. The van der Waals surface area contributed by atoms with Crippen LogP contribution in [0, 0.1) is 5.82 Å². The van der Waals surface area contributed by atoms with Gasteiger partial charge < -0.3 is 9.97 Å². The van der Waals surface area contributed by atoms with Crippen molar-refractivity contribution in [1.29, 1.82) is 0 Å². The summed E-state index contributed by atoms with van der Waals surface area (Å²) in [4.78, 5) is 22.4. The molecule has 3 aromatic rings. The number of hydrogen-bond acceptors (Lipinski definition) is 5. The average molecular weight is 381 g/mol. The van der Waals surface area contributed by atoms with Gasteiger partial charge in [0.05, 0.1) is 28.1 Å². The Labute approximate surface area is 158 Å². The van der Waals surface area contributed by atoms with Crippen LogP contribution >= 0.6 is 11.8 Å². The maximum absolute atomic E-state index is 13.3. The second kappa shape index (κ2) is 6.96. The van der Waals surface area contributed by atoms with Gasteiger partial charge in [0.1, 0.15) is 5.82 Å². The first-order valence-corrected chi connectivity index (χ1v) is 9.19. The number of rotatable bonds is 4. The third-order valence-electron chi connectivity index (χ3n) is 4.22. The van der Waals surface area contributed by atoms with Gasteiger partial charge in [-0.05, 0) is 44.2 Å². The predicted molar refractivity (Wildman–Crippen MR) is 106 cm³/mol. The minimum atomic E-state index is -0.310. The summed E-state index contributed by atoms with van der Waals surface area (Å²) in [6.45, 7) is 3.86. The van der Waals surface area contributed by atoms with Crippen molar-refractivity contribution in [3.63, 3.8) is 0 Å². The molecule has 0 unspecified atom stereocenters. The largest absolute Gasteiger partial charge is 0.332 e. The van der Waals surface area contributed by atoms with Crippen LogP contribution < -0.4 is 5.56 Å². The number of thioether (sulfide) groups is 1. The number of aromatic amines is 2. The zero-order valence-corrected chi connectivity index (χ0v) is 15.5. The quantitative estimate of drug-likeness (QED) is 0.719. The Kier molecular flexibility index (Phi) is 4.49. The van der Waals surface area contributed by atoms with Crippen molar-refractivity contribution in [2.75, 3.05) is 0 Å². The number of nitrogens with zero attached hydrogens (tertiary/aromatic N) is 3. The van der Waals surface area contributed by atoms with Crippen molar-refractivity contribution in [1.82, 2.24) is 15.0 Å². The van der Waals surface area contributed by atoms with Gasteiger partial charge >= 0.3 is 0 Å². The Morgan fingerprint density at radius 3 is 2.41 bits per heavy atom. The molecule has 0 bridgehead atoms. The number of imidazole rings is 1. The van der Waals surface area contributed by atoms with Gasteiger partial charge in [-0.3, -0.25) is 4.79 Å². The zero-order chi connectivity index (χ0) is 19.0. The van der Waals surface area contributed by atoms with Gasteiger partial charge in [0.25, 0.3) is 0 Å². The summed E-state index contributed by atoms with van der Waals surface area (Å²) in [5.74, 6) is -0.310. The van der Waals surface area contributed by atoms with Gasteiger partial charge in [-0.25, -0.2) is 9.37 Å². The molecule has 1 aromatic carbocycles. The molecule has 0 atom stereocenters. The van der Waals surface area contributed by atoms with E-state index in [0.29, 0.717) is 16.4 Å². The first-order valence-electron chi connectivity index (χ1n) is 8.31. The van der Waals surface area contributed by atoms with Gasteiger partial charge in [-0.2, -0.15) is 10.2 Å². The fraction of sp³-hybridized carbons (Fsp3) is 0.158. The maximum Gasteiger partial charge on any atom is 0.248 e. The van der Waals surface area contributed by atoms with Crippen LogP contribution in [-0.2, 0) is 0 Å². The Balaban J connectivity index is 1.79. The molecule has 2 aromatic heterocycles. The molecular formula is C19H16FN5OS. The molecule has 2 N–H and O–H groups in total. The molecule has 0 aliphatic carbocycles. The second-order valence-corrected chi connectivity index (χ2v) is 7.29. The summed E-state index contributed by atoms with van der Waals surface area (Å²) in [6, 6.07) is 9.44. The van der Waals surface area contributed by atoms with E-state index >= 15 is 0 Å². The summed E-state index contributed by atoms with van der Waals surface area (Å²) in [6.07, 6.45) is 1.58. The van der Waals surface area contributed by atoms with Crippen LogP contribution in [0.3, 0.4) is 0 Å². The third-order valence-corrected chi connectivity index (χ3v) is 5.55. The van der Waals surface area contributed by atoms with Crippen molar-refractivity contribution < 1.29 is 4.39 Å². The first-order chi connectivity index (χ1) is 13.0. The smallest absolute Gasteiger partial charge is 0.248 e. The summed E-state index contributed by atoms with van der Waals surface area (Å²) < 4.78 is 13.3. The van der Waals surface area contributed by atoms with Gasteiger partial charge in [-0.15, -0.1) is 0 Å². The van der Waals surface area contributed by atoms with E-state index in [1.807, 2.05) is 13.8 Å². The standard InChI is InChI=1S/C19H16FN5OS/c1-10-18(11(2)25-24-10)27-19-22-16(12-3-5-14(20)6-4-12)17(23-19)13-7-8-21-15(26)9-13/h3-9,18H,1-2H3,(H,21,26)(H,22,23). The zero-order valence-electron chi connectivity index (χ0n) is 14.7. The summed E-state index contributed by atoms with van der Waals surface area (Å²) in [7, 11) is 0. The number of H-pyrrole nitrogens is 2. The highest BCUT2D eigenvalue weighted by Crippen LogP contribution is 2.34. The lowest BCUT2D eigenvalue weighted by Crippen LogP contribution is -2.18. The molecule has 6 nitrogen and oxygen atoms in total. The van der Waals surface area contributed by atoms with Crippen LogP contribution in [0.5, 0.6) is 0 Å². The molecule has 1 aliphatic heterocycles. The number of benzene rings is 1. The fourth-order valence-corrected chi connectivity index (χ4v) is 3.84. The molecular weight excluding hydrogens is 365 g/mol. The van der Waals surface area contributed by atoms with E-state index in [9.17, 15) is 9.18 Å². The first kappa shape index (κ1) is 17.4. The molecule has 0 spiro atoms. The maximum atomic E-state index is 13.3. The highest BCUT2D eigenvalue weighted by Gasteiger charge is 2.25.